The van der Waals surface area contributed by atoms with Crippen molar-refractivity contribution < 1.29 is 4.74 Å². The van der Waals surface area contributed by atoms with Crippen LogP contribution in [0.5, 0.6) is 0 Å². The molecule has 1 N–H and O–H groups in total. The lowest BCUT2D eigenvalue weighted by Crippen LogP contribution is -2.51. The molecule has 18 heavy (non-hydrogen) atoms. The van der Waals surface area contributed by atoms with E-state index in [4.69, 9.17) is 4.74 Å². The molecule has 1 aliphatic heterocycles. The fourth-order valence-corrected chi connectivity index (χ4v) is 2.27. The Balaban J connectivity index is 2.05. The lowest BCUT2D eigenvalue weighted by Gasteiger charge is -2.37. The van der Waals surface area contributed by atoms with E-state index >= 15 is 0 Å². The van der Waals surface area contributed by atoms with Gasteiger partial charge in [0.05, 0.1) is 19.3 Å². The zero-order valence-electron chi connectivity index (χ0n) is 10.9. The van der Waals surface area contributed by atoms with Crippen LogP contribution < -0.4 is 10.2 Å². The molecule has 0 aliphatic carbocycles. The Labute approximate surface area is 117 Å². The first-order chi connectivity index (χ1) is 8.66. The number of anilines is 1. The van der Waals surface area contributed by atoms with Gasteiger partial charge in [-0.25, -0.2) is 4.98 Å². The minimum Gasteiger partial charge on any atom is -0.377 e. The van der Waals surface area contributed by atoms with Gasteiger partial charge in [-0.05, 0) is 28.1 Å². The fraction of sp³-hybridized carbons (Fsp3) is 0.615. The second-order valence-electron chi connectivity index (χ2n) is 4.82. The van der Waals surface area contributed by atoms with Crippen LogP contribution in [0.2, 0.25) is 0 Å². The van der Waals surface area contributed by atoms with E-state index in [1.807, 2.05) is 12.3 Å². The molecule has 0 bridgehead atoms. The van der Waals surface area contributed by atoms with Crippen molar-refractivity contribution in [1.29, 1.82) is 0 Å². The maximum Gasteiger partial charge on any atom is 0.129 e. The second kappa shape index (κ2) is 6.50. The molecule has 0 aromatic carbocycles. The molecule has 1 fully saturated rings. The van der Waals surface area contributed by atoms with Crippen LogP contribution in [0.25, 0.3) is 0 Å². The average Bonchev–Trinajstić information content (AvgIpc) is 2.38. The van der Waals surface area contributed by atoms with Crippen molar-refractivity contribution in [2.24, 2.45) is 0 Å². The van der Waals surface area contributed by atoms with Gasteiger partial charge in [0.2, 0.25) is 0 Å². The van der Waals surface area contributed by atoms with Gasteiger partial charge in [0.1, 0.15) is 5.82 Å². The fourth-order valence-electron chi connectivity index (χ4n) is 2.04. The highest BCUT2D eigenvalue weighted by molar-refractivity contribution is 9.10. The summed E-state index contributed by atoms with van der Waals surface area (Å²) in [6.07, 6.45) is 1.84. The first-order valence-electron chi connectivity index (χ1n) is 6.36. The molecule has 0 radical (unpaired) electrons. The number of rotatable bonds is 4. The summed E-state index contributed by atoms with van der Waals surface area (Å²) < 4.78 is 6.58. The molecule has 1 unspecified atom stereocenters. The molecule has 1 atom stereocenters. The van der Waals surface area contributed by atoms with Gasteiger partial charge < -0.3 is 15.0 Å². The number of hydrogen-bond donors (Lipinski definition) is 1. The number of morpholine rings is 1. The third-order valence-corrected chi connectivity index (χ3v) is 3.46. The summed E-state index contributed by atoms with van der Waals surface area (Å²) >= 11 is 3.42. The number of halogens is 1. The van der Waals surface area contributed by atoms with Gasteiger partial charge in [0.25, 0.3) is 0 Å². The Morgan fingerprint density at radius 3 is 3.06 bits per heavy atom. The van der Waals surface area contributed by atoms with Crippen molar-refractivity contribution in [3.63, 3.8) is 0 Å². The Kier molecular flexibility index (Phi) is 4.97. The summed E-state index contributed by atoms with van der Waals surface area (Å²) in [7, 11) is 0. The van der Waals surface area contributed by atoms with E-state index in [0.717, 1.165) is 36.6 Å². The van der Waals surface area contributed by atoms with E-state index in [2.05, 4.69) is 51.0 Å². The Hall–Kier alpha value is -0.650. The number of aromatic nitrogens is 1. The van der Waals surface area contributed by atoms with Gasteiger partial charge in [-0.1, -0.05) is 13.8 Å². The average molecular weight is 314 g/mol. The van der Waals surface area contributed by atoms with Crippen molar-refractivity contribution in [3.8, 4) is 0 Å². The number of nitrogens with zero attached hydrogens (tertiary/aromatic N) is 2. The minimum atomic E-state index is 0.356. The number of pyridine rings is 1. The Morgan fingerprint density at radius 1 is 1.56 bits per heavy atom. The van der Waals surface area contributed by atoms with Crippen molar-refractivity contribution in [3.05, 3.63) is 22.8 Å². The standard InChI is InChI=1S/C13H20BrN3O/c1-10(2)15-8-12-9-18-6-5-17(12)13-4-3-11(14)7-16-13/h3-4,7,10,12,15H,5-6,8-9H2,1-2H3. The molecule has 4 nitrogen and oxygen atoms in total. The lowest BCUT2D eigenvalue weighted by atomic mass is 10.2. The van der Waals surface area contributed by atoms with Gasteiger partial charge in [-0.15, -0.1) is 0 Å². The molecule has 1 aliphatic rings. The molecule has 100 valence electrons. The zero-order chi connectivity index (χ0) is 13.0. The van der Waals surface area contributed by atoms with Crippen LogP contribution >= 0.6 is 15.9 Å². The molecular formula is C13H20BrN3O. The number of hydrogen-bond acceptors (Lipinski definition) is 4. The highest BCUT2D eigenvalue weighted by Gasteiger charge is 2.23. The second-order valence-corrected chi connectivity index (χ2v) is 5.74. The van der Waals surface area contributed by atoms with E-state index in [0.29, 0.717) is 12.1 Å². The van der Waals surface area contributed by atoms with E-state index in [1.54, 1.807) is 0 Å². The SMILES string of the molecule is CC(C)NCC1COCCN1c1ccc(Br)cn1. The van der Waals surface area contributed by atoms with Crippen molar-refractivity contribution in [1.82, 2.24) is 10.3 Å². The van der Waals surface area contributed by atoms with Gasteiger partial charge in [-0.3, -0.25) is 0 Å². The first-order valence-corrected chi connectivity index (χ1v) is 7.15. The molecule has 2 rings (SSSR count). The van der Waals surface area contributed by atoms with E-state index < -0.39 is 0 Å². The number of nitrogens with one attached hydrogen (secondary N) is 1. The van der Waals surface area contributed by atoms with Crippen LogP contribution in [0.15, 0.2) is 22.8 Å². The molecule has 0 saturated carbocycles. The Bertz CT molecular complexity index is 369. The van der Waals surface area contributed by atoms with Crippen LogP contribution in [0, 0.1) is 0 Å². The predicted octanol–water partition coefficient (Wildman–Crippen LogP) is 2.05. The summed E-state index contributed by atoms with van der Waals surface area (Å²) in [5.41, 5.74) is 0. The van der Waals surface area contributed by atoms with Gasteiger partial charge >= 0.3 is 0 Å². The van der Waals surface area contributed by atoms with Crippen molar-refractivity contribution >= 4 is 21.7 Å². The third-order valence-electron chi connectivity index (χ3n) is 3.00. The van der Waals surface area contributed by atoms with Crippen molar-refractivity contribution in [2.75, 3.05) is 31.2 Å². The van der Waals surface area contributed by atoms with Crippen LogP contribution in [-0.2, 0) is 4.74 Å². The summed E-state index contributed by atoms with van der Waals surface area (Å²) in [5.74, 6) is 1.03. The topological polar surface area (TPSA) is 37.4 Å². The van der Waals surface area contributed by atoms with Gasteiger partial charge in [0.15, 0.2) is 0 Å². The van der Waals surface area contributed by atoms with Crippen LogP contribution in [0.3, 0.4) is 0 Å². The maximum absolute atomic E-state index is 5.57. The first kappa shape index (κ1) is 13.8. The highest BCUT2D eigenvalue weighted by Crippen LogP contribution is 2.19. The van der Waals surface area contributed by atoms with Gasteiger partial charge in [0, 0.05) is 29.8 Å². The normalized spacial score (nSPS) is 20.4. The van der Waals surface area contributed by atoms with Crippen LogP contribution in [-0.4, -0.2) is 43.4 Å². The van der Waals surface area contributed by atoms with Crippen LogP contribution in [0.1, 0.15) is 13.8 Å². The van der Waals surface area contributed by atoms with E-state index in [1.165, 1.54) is 0 Å². The van der Waals surface area contributed by atoms with E-state index in [9.17, 15) is 0 Å². The molecule has 1 aromatic rings. The highest BCUT2D eigenvalue weighted by atomic mass is 79.9. The monoisotopic (exact) mass is 313 g/mol. The molecular weight excluding hydrogens is 294 g/mol. The van der Waals surface area contributed by atoms with Crippen LogP contribution in [0.4, 0.5) is 5.82 Å². The molecule has 1 aromatic heterocycles. The van der Waals surface area contributed by atoms with Crippen molar-refractivity contribution in [2.45, 2.75) is 25.9 Å². The summed E-state index contributed by atoms with van der Waals surface area (Å²) in [4.78, 5) is 6.80. The lowest BCUT2D eigenvalue weighted by molar-refractivity contribution is 0.0928. The maximum atomic E-state index is 5.57. The molecule has 5 heteroatoms. The zero-order valence-corrected chi connectivity index (χ0v) is 12.5. The predicted molar refractivity (Wildman–Crippen MR) is 77.0 cm³/mol. The summed E-state index contributed by atoms with van der Waals surface area (Å²) in [5, 5.41) is 3.47. The smallest absolute Gasteiger partial charge is 0.129 e. The Morgan fingerprint density at radius 2 is 2.39 bits per heavy atom. The quantitative estimate of drug-likeness (QED) is 0.923. The summed E-state index contributed by atoms with van der Waals surface area (Å²) in [6.45, 7) is 7.68. The third kappa shape index (κ3) is 3.67. The molecule has 0 amide bonds. The van der Waals surface area contributed by atoms with E-state index in [-0.39, 0.29) is 0 Å². The molecule has 2 heterocycles. The summed E-state index contributed by atoms with van der Waals surface area (Å²) in [6, 6.07) is 4.93. The molecule has 0 spiro atoms. The number of ether oxygens (including phenoxy) is 1. The largest absolute Gasteiger partial charge is 0.377 e. The minimum absolute atomic E-state index is 0.356. The molecule has 1 saturated heterocycles. The van der Waals surface area contributed by atoms with Gasteiger partial charge in [-0.2, -0.15) is 0 Å².